The number of carbonyl (C=O) groups excluding carboxylic acids is 2. The molecule has 0 radical (unpaired) electrons. The number of fused-ring (bicyclic) bond motifs is 5. The molecule has 0 aliphatic carbocycles. The first kappa shape index (κ1) is 20.8. The third-order valence-electron chi connectivity index (χ3n) is 7.04. The van der Waals surface area contributed by atoms with E-state index >= 15 is 0 Å². The van der Waals surface area contributed by atoms with Gasteiger partial charge in [-0.3, -0.25) is 9.59 Å². The zero-order chi connectivity index (χ0) is 22.3. The van der Waals surface area contributed by atoms with Gasteiger partial charge in [0.2, 0.25) is 11.8 Å². The molecule has 4 rings (SSSR count). The van der Waals surface area contributed by atoms with Crippen LogP contribution in [0.3, 0.4) is 0 Å². The number of benzene rings is 1. The van der Waals surface area contributed by atoms with Gasteiger partial charge in [0.05, 0.1) is 45.4 Å². The SMILES string of the molecule is CN(C)CC12CCC(C)(O1)[C@@]1(C)C(=O)N(c3ccc(C#N)c(C(F)(F)F)c3)C(=O)[C@@H]21. The molecule has 2 amide bonds. The van der Waals surface area contributed by atoms with Crippen molar-refractivity contribution in [3.8, 4) is 6.07 Å². The Morgan fingerprint density at radius 2 is 1.93 bits per heavy atom. The van der Waals surface area contributed by atoms with E-state index in [9.17, 15) is 22.8 Å². The van der Waals surface area contributed by atoms with Crippen molar-refractivity contribution in [2.45, 2.75) is 44.1 Å². The van der Waals surface area contributed by atoms with Crippen LogP contribution >= 0.6 is 0 Å². The van der Waals surface area contributed by atoms with Gasteiger partial charge in [-0.2, -0.15) is 18.4 Å². The monoisotopic (exact) mass is 421 g/mol. The molecule has 0 spiro atoms. The number of likely N-dealkylation sites (N-methyl/N-ethyl adjacent to an activating group) is 1. The predicted octanol–water partition coefficient (Wildman–Crippen LogP) is 2.96. The van der Waals surface area contributed by atoms with Crippen LogP contribution in [0.1, 0.15) is 37.8 Å². The fraction of sp³-hybridized carbons (Fsp3) is 0.571. The highest BCUT2D eigenvalue weighted by Gasteiger charge is 2.80. The highest BCUT2D eigenvalue weighted by atomic mass is 19.4. The Hall–Kier alpha value is -2.44. The summed E-state index contributed by atoms with van der Waals surface area (Å²) in [7, 11) is 3.69. The molecular formula is C21H22F3N3O3. The van der Waals surface area contributed by atoms with Gasteiger partial charge in [-0.15, -0.1) is 0 Å². The van der Waals surface area contributed by atoms with Crippen molar-refractivity contribution in [3.63, 3.8) is 0 Å². The molecule has 9 heteroatoms. The lowest BCUT2D eigenvalue weighted by Crippen LogP contribution is -2.52. The Bertz CT molecular complexity index is 1000. The molecule has 6 nitrogen and oxygen atoms in total. The highest BCUT2D eigenvalue weighted by Crippen LogP contribution is 2.67. The second kappa shape index (κ2) is 6.05. The van der Waals surface area contributed by atoms with Crippen molar-refractivity contribution in [1.82, 2.24) is 4.90 Å². The summed E-state index contributed by atoms with van der Waals surface area (Å²) in [4.78, 5) is 29.8. The number of amides is 2. The molecule has 0 N–H and O–H groups in total. The van der Waals surface area contributed by atoms with Crippen molar-refractivity contribution in [3.05, 3.63) is 29.3 Å². The number of hydrogen-bond acceptors (Lipinski definition) is 5. The van der Waals surface area contributed by atoms with Crippen LogP contribution in [0.2, 0.25) is 0 Å². The summed E-state index contributed by atoms with van der Waals surface area (Å²) in [5.74, 6) is -1.90. The number of ether oxygens (including phenoxy) is 1. The number of carbonyl (C=O) groups is 2. The Morgan fingerprint density at radius 3 is 2.50 bits per heavy atom. The predicted molar refractivity (Wildman–Crippen MR) is 100 cm³/mol. The first-order chi connectivity index (χ1) is 13.8. The van der Waals surface area contributed by atoms with Gasteiger partial charge in [0.15, 0.2) is 0 Å². The molecule has 4 atom stereocenters. The first-order valence-electron chi connectivity index (χ1n) is 9.65. The van der Waals surface area contributed by atoms with E-state index in [-0.39, 0.29) is 5.69 Å². The lowest BCUT2D eigenvalue weighted by Gasteiger charge is -2.38. The van der Waals surface area contributed by atoms with E-state index in [2.05, 4.69) is 0 Å². The van der Waals surface area contributed by atoms with Gasteiger partial charge in [0.1, 0.15) is 0 Å². The molecule has 0 aromatic heterocycles. The molecule has 3 saturated heterocycles. The second-order valence-corrected chi connectivity index (χ2v) is 9.09. The molecule has 3 aliphatic heterocycles. The van der Waals surface area contributed by atoms with Gasteiger partial charge in [0, 0.05) is 6.54 Å². The van der Waals surface area contributed by atoms with Crippen LogP contribution in [0.15, 0.2) is 18.2 Å². The minimum Gasteiger partial charge on any atom is -0.365 e. The fourth-order valence-corrected chi connectivity index (χ4v) is 5.67. The maximum absolute atomic E-state index is 13.5. The molecule has 2 bridgehead atoms. The summed E-state index contributed by atoms with van der Waals surface area (Å²) >= 11 is 0. The minimum atomic E-state index is -4.78. The summed E-state index contributed by atoms with van der Waals surface area (Å²) in [5, 5.41) is 9.03. The summed E-state index contributed by atoms with van der Waals surface area (Å²) in [6, 6.07) is 4.44. The van der Waals surface area contributed by atoms with Crippen molar-refractivity contribution >= 4 is 17.5 Å². The van der Waals surface area contributed by atoms with Crippen LogP contribution in [0.5, 0.6) is 0 Å². The largest absolute Gasteiger partial charge is 0.417 e. The number of alkyl halides is 3. The number of nitriles is 1. The molecule has 3 fully saturated rings. The van der Waals surface area contributed by atoms with E-state index in [1.807, 2.05) is 19.0 Å². The first-order valence-corrected chi connectivity index (χ1v) is 9.65. The standard InChI is InChI=1S/C21H22F3N3O3/c1-18-7-8-20(30-18,11-26(3)4)15-16(28)27(17(29)19(15,18)2)13-6-5-12(10-25)14(9-13)21(22,23)24/h5-6,9,15H,7-8,11H2,1-4H3/t15-,18?,19-,20?/m1/s1. The topological polar surface area (TPSA) is 73.6 Å². The van der Waals surface area contributed by atoms with Gasteiger partial charge in [0.25, 0.3) is 0 Å². The second-order valence-electron chi connectivity index (χ2n) is 9.09. The maximum Gasteiger partial charge on any atom is 0.417 e. The average Bonchev–Trinajstić information content (AvgIpc) is 3.15. The van der Waals surface area contributed by atoms with Gasteiger partial charge >= 0.3 is 6.18 Å². The number of anilines is 1. The average molecular weight is 421 g/mol. The molecular weight excluding hydrogens is 399 g/mol. The Morgan fingerprint density at radius 1 is 1.27 bits per heavy atom. The van der Waals surface area contributed by atoms with E-state index in [4.69, 9.17) is 10.00 Å². The summed E-state index contributed by atoms with van der Waals surface area (Å²) in [5.41, 5.74) is -4.82. The Labute approximate surface area is 172 Å². The van der Waals surface area contributed by atoms with Crippen molar-refractivity contribution in [1.29, 1.82) is 5.26 Å². The molecule has 1 aromatic rings. The van der Waals surface area contributed by atoms with Gasteiger partial charge < -0.3 is 9.64 Å². The van der Waals surface area contributed by atoms with Crippen LogP contribution < -0.4 is 4.90 Å². The normalized spacial score (nSPS) is 35.3. The van der Waals surface area contributed by atoms with Gasteiger partial charge in [-0.05, 0) is 59.0 Å². The molecule has 160 valence electrons. The third-order valence-corrected chi connectivity index (χ3v) is 7.04. The zero-order valence-electron chi connectivity index (χ0n) is 17.1. The van der Waals surface area contributed by atoms with Gasteiger partial charge in [-0.25, -0.2) is 4.90 Å². The lowest BCUT2D eigenvalue weighted by atomic mass is 9.59. The van der Waals surface area contributed by atoms with E-state index in [1.54, 1.807) is 13.8 Å². The minimum absolute atomic E-state index is 0.171. The maximum atomic E-state index is 13.5. The lowest BCUT2D eigenvalue weighted by molar-refractivity contribution is -0.138. The molecule has 30 heavy (non-hydrogen) atoms. The van der Waals surface area contributed by atoms with Crippen molar-refractivity contribution in [2.24, 2.45) is 11.3 Å². The quantitative estimate of drug-likeness (QED) is 0.702. The summed E-state index contributed by atoms with van der Waals surface area (Å²) in [6.07, 6.45) is -3.61. The van der Waals surface area contributed by atoms with Gasteiger partial charge in [-0.1, -0.05) is 0 Å². The number of halogens is 3. The van der Waals surface area contributed by atoms with Crippen LogP contribution in [-0.2, 0) is 20.5 Å². The highest BCUT2D eigenvalue weighted by molar-refractivity contribution is 6.25. The van der Waals surface area contributed by atoms with E-state index < -0.39 is 51.7 Å². The Balaban J connectivity index is 1.84. The molecule has 3 aliphatic rings. The molecule has 0 saturated carbocycles. The smallest absolute Gasteiger partial charge is 0.365 e. The zero-order valence-corrected chi connectivity index (χ0v) is 17.1. The number of rotatable bonds is 3. The molecule has 2 unspecified atom stereocenters. The summed E-state index contributed by atoms with van der Waals surface area (Å²) in [6.45, 7) is 3.92. The van der Waals surface area contributed by atoms with Crippen LogP contribution in [0, 0.1) is 22.7 Å². The fourth-order valence-electron chi connectivity index (χ4n) is 5.67. The van der Waals surface area contributed by atoms with E-state index in [1.165, 1.54) is 12.1 Å². The van der Waals surface area contributed by atoms with Crippen LogP contribution in [0.25, 0.3) is 0 Å². The number of hydrogen-bond donors (Lipinski definition) is 0. The number of imide groups is 1. The number of nitrogens with zero attached hydrogens (tertiary/aromatic N) is 3. The van der Waals surface area contributed by atoms with E-state index in [0.29, 0.717) is 25.5 Å². The van der Waals surface area contributed by atoms with E-state index in [0.717, 1.165) is 11.0 Å². The van der Waals surface area contributed by atoms with Crippen molar-refractivity contribution in [2.75, 3.05) is 25.5 Å². The molecule has 3 heterocycles. The van der Waals surface area contributed by atoms with Crippen molar-refractivity contribution < 1.29 is 27.5 Å². The van der Waals surface area contributed by atoms with Crippen LogP contribution in [-0.4, -0.2) is 48.6 Å². The van der Waals surface area contributed by atoms with Crippen LogP contribution in [0.4, 0.5) is 18.9 Å². The third kappa shape index (κ3) is 2.44. The Kier molecular flexibility index (Phi) is 4.20. The summed E-state index contributed by atoms with van der Waals surface area (Å²) < 4.78 is 46.6. The molecule has 1 aromatic carbocycles.